The number of nitrogens with zero attached hydrogens (tertiary/aromatic N) is 4. The molecular formula is C25H22N4O2. The molecule has 1 saturated heterocycles. The smallest absolute Gasteiger partial charge is 0.289 e. The van der Waals surface area contributed by atoms with Crippen LogP contribution in [0, 0.1) is 0 Å². The molecule has 5 rings (SSSR count). The number of rotatable bonds is 4. The third-order valence-electron chi connectivity index (χ3n) is 5.67. The third-order valence-corrected chi connectivity index (χ3v) is 5.67. The summed E-state index contributed by atoms with van der Waals surface area (Å²) >= 11 is 0. The van der Waals surface area contributed by atoms with Crippen LogP contribution in [0.2, 0.25) is 0 Å². The highest BCUT2D eigenvalue weighted by Gasteiger charge is 2.29. The average Bonchev–Trinajstić information content (AvgIpc) is 3.39. The van der Waals surface area contributed by atoms with Crippen molar-refractivity contribution in [2.75, 3.05) is 13.1 Å². The molecule has 1 unspecified atom stereocenters. The van der Waals surface area contributed by atoms with E-state index in [2.05, 4.69) is 22.1 Å². The predicted octanol–water partition coefficient (Wildman–Crippen LogP) is 4.82. The molecule has 0 spiro atoms. The molecule has 0 radical (unpaired) electrons. The quantitative estimate of drug-likeness (QED) is 0.482. The van der Waals surface area contributed by atoms with Crippen LogP contribution < -0.4 is 0 Å². The van der Waals surface area contributed by atoms with Gasteiger partial charge in [-0.3, -0.25) is 9.78 Å². The lowest BCUT2D eigenvalue weighted by molar-refractivity contribution is 0.0674. The fraction of sp³-hybridized carbons (Fsp3) is 0.200. The summed E-state index contributed by atoms with van der Waals surface area (Å²) in [5.74, 6) is 1.10. The van der Waals surface area contributed by atoms with E-state index in [1.807, 2.05) is 41.4 Å². The molecule has 0 aliphatic carbocycles. The maximum atomic E-state index is 12.9. The van der Waals surface area contributed by atoms with Crippen molar-refractivity contribution in [2.24, 2.45) is 0 Å². The number of carbonyl (C=O) groups is 1. The van der Waals surface area contributed by atoms with Crippen LogP contribution in [0.25, 0.3) is 22.5 Å². The summed E-state index contributed by atoms with van der Waals surface area (Å²) in [7, 11) is 0. The van der Waals surface area contributed by atoms with Crippen molar-refractivity contribution in [1.29, 1.82) is 0 Å². The molecule has 1 aliphatic rings. The first-order valence-corrected chi connectivity index (χ1v) is 10.4. The maximum Gasteiger partial charge on any atom is 0.289 e. The van der Waals surface area contributed by atoms with E-state index in [4.69, 9.17) is 9.40 Å². The lowest BCUT2D eigenvalue weighted by Crippen LogP contribution is -2.39. The van der Waals surface area contributed by atoms with Gasteiger partial charge in [0.05, 0.1) is 12.0 Å². The van der Waals surface area contributed by atoms with Crippen molar-refractivity contribution in [2.45, 2.75) is 18.8 Å². The lowest BCUT2D eigenvalue weighted by atomic mass is 9.89. The Bertz CT molecular complexity index is 1160. The first-order chi connectivity index (χ1) is 15.3. The second-order valence-electron chi connectivity index (χ2n) is 7.66. The van der Waals surface area contributed by atoms with E-state index in [1.54, 1.807) is 24.5 Å². The average molecular weight is 410 g/mol. The summed E-state index contributed by atoms with van der Waals surface area (Å²) in [4.78, 5) is 28.5. The van der Waals surface area contributed by atoms with Gasteiger partial charge < -0.3 is 9.32 Å². The minimum Gasteiger partial charge on any atom is -0.459 e. The van der Waals surface area contributed by atoms with Gasteiger partial charge in [0.1, 0.15) is 0 Å². The summed E-state index contributed by atoms with van der Waals surface area (Å²) in [6.45, 7) is 1.32. The molecule has 1 atom stereocenters. The topological polar surface area (TPSA) is 72.1 Å². The van der Waals surface area contributed by atoms with Gasteiger partial charge >= 0.3 is 0 Å². The van der Waals surface area contributed by atoms with Gasteiger partial charge in [0.2, 0.25) is 0 Å². The summed E-state index contributed by atoms with van der Waals surface area (Å²) in [5, 5.41) is 0. The second-order valence-corrected chi connectivity index (χ2v) is 7.66. The Morgan fingerprint density at radius 1 is 1.00 bits per heavy atom. The van der Waals surface area contributed by atoms with Crippen LogP contribution in [-0.4, -0.2) is 38.8 Å². The van der Waals surface area contributed by atoms with E-state index >= 15 is 0 Å². The van der Waals surface area contributed by atoms with Gasteiger partial charge in [0.15, 0.2) is 11.6 Å². The molecule has 4 aromatic rings. The van der Waals surface area contributed by atoms with Crippen LogP contribution in [-0.2, 0) is 0 Å². The Kier molecular flexibility index (Phi) is 5.27. The normalized spacial score (nSPS) is 16.3. The van der Waals surface area contributed by atoms with Crippen LogP contribution in [0.3, 0.4) is 0 Å². The van der Waals surface area contributed by atoms with E-state index < -0.39 is 0 Å². The molecule has 1 amide bonds. The number of likely N-dealkylation sites (tertiary alicyclic amines) is 1. The Morgan fingerprint density at radius 2 is 1.84 bits per heavy atom. The minimum absolute atomic E-state index is 0.0700. The van der Waals surface area contributed by atoms with Crippen molar-refractivity contribution >= 4 is 5.91 Å². The minimum atomic E-state index is -0.0700. The van der Waals surface area contributed by atoms with Gasteiger partial charge in [0.25, 0.3) is 5.91 Å². The Balaban J connectivity index is 1.53. The van der Waals surface area contributed by atoms with Gasteiger partial charge in [-0.1, -0.05) is 30.3 Å². The molecule has 6 heteroatoms. The fourth-order valence-corrected chi connectivity index (χ4v) is 4.13. The molecule has 3 aromatic heterocycles. The summed E-state index contributed by atoms with van der Waals surface area (Å²) < 4.78 is 5.34. The van der Waals surface area contributed by atoms with E-state index in [1.165, 1.54) is 6.26 Å². The summed E-state index contributed by atoms with van der Waals surface area (Å²) in [6.07, 6.45) is 8.81. The number of piperidine rings is 1. The van der Waals surface area contributed by atoms with Gasteiger partial charge in [-0.2, -0.15) is 0 Å². The fourth-order valence-electron chi connectivity index (χ4n) is 4.13. The van der Waals surface area contributed by atoms with Crippen LogP contribution in [0.15, 0.2) is 83.9 Å². The molecule has 31 heavy (non-hydrogen) atoms. The van der Waals surface area contributed by atoms with Crippen LogP contribution in [0.1, 0.15) is 35.0 Å². The van der Waals surface area contributed by atoms with Crippen LogP contribution in [0.4, 0.5) is 0 Å². The van der Waals surface area contributed by atoms with Gasteiger partial charge in [-0.05, 0) is 42.7 Å². The van der Waals surface area contributed by atoms with Gasteiger partial charge in [0, 0.05) is 48.7 Å². The van der Waals surface area contributed by atoms with E-state index in [0.29, 0.717) is 18.1 Å². The van der Waals surface area contributed by atoms with Crippen molar-refractivity contribution in [1.82, 2.24) is 19.9 Å². The Labute approximate surface area is 180 Å². The number of hydrogen-bond acceptors (Lipinski definition) is 5. The molecule has 1 fully saturated rings. The predicted molar refractivity (Wildman–Crippen MR) is 117 cm³/mol. The molecule has 0 N–H and O–H groups in total. The molecule has 1 aliphatic heterocycles. The zero-order valence-corrected chi connectivity index (χ0v) is 17.0. The first-order valence-electron chi connectivity index (χ1n) is 10.4. The molecule has 0 saturated carbocycles. The number of benzene rings is 1. The molecule has 0 bridgehead atoms. The number of amides is 1. The van der Waals surface area contributed by atoms with Crippen molar-refractivity contribution in [3.8, 4) is 22.5 Å². The number of aromatic nitrogens is 3. The largest absolute Gasteiger partial charge is 0.459 e. The van der Waals surface area contributed by atoms with Gasteiger partial charge in [-0.15, -0.1) is 0 Å². The highest BCUT2D eigenvalue weighted by Crippen LogP contribution is 2.34. The lowest BCUT2D eigenvalue weighted by Gasteiger charge is -2.33. The Morgan fingerprint density at radius 3 is 2.61 bits per heavy atom. The molecule has 6 nitrogen and oxygen atoms in total. The molecule has 4 heterocycles. The van der Waals surface area contributed by atoms with Crippen molar-refractivity contribution in [3.63, 3.8) is 0 Å². The number of hydrogen-bond donors (Lipinski definition) is 0. The highest BCUT2D eigenvalue weighted by molar-refractivity contribution is 5.91. The monoisotopic (exact) mass is 410 g/mol. The molecule has 1 aromatic carbocycles. The van der Waals surface area contributed by atoms with Crippen LogP contribution >= 0.6 is 0 Å². The maximum absolute atomic E-state index is 12.9. The van der Waals surface area contributed by atoms with Crippen LogP contribution in [0.5, 0.6) is 0 Å². The van der Waals surface area contributed by atoms with E-state index in [0.717, 1.165) is 41.8 Å². The SMILES string of the molecule is O=C(c1ccco1)N1CCCC(c2nc(-c3ccncc3)ncc2-c2ccccc2)C1. The summed E-state index contributed by atoms with van der Waals surface area (Å²) in [5.41, 5.74) is 3.99. The zero-order valence-electron chi connectivity index (χ0n) is 17.0. The standard InChI is InChI=1S/C25H22N4O2/c30-25(22-9-5-15-31-22)29-14-4-8-20(17-29)23-21(18-6-2-1-3-7-18)16-27-24(28-23)19-10-12-26-13-11-19/h1-3,5-7,9-13,15-16,20H,4,8,14,17H2. The molecular weight excluding hydrogens is 388 g/mol. The van der Waals surface area contributed by atoms with E-state index in [9.17, 15) is 4.79 Å². The van der Waals surface area contributed by atoms with Gasteiger partial charge in [-0.25, -0.2) is 9.97 Å². The highest BCUT2D eigenvalue weighted by atomic mass is 16.3. The van der Waals surface area contributed by atoms with E-state index in [-0.39, 0.29) is 11.8 Å². The number of pyridine rings is 1. The zero-order chi connectivity index (χ0) is 21.0. The number of carbonyl (C=O) groups excluding carboxylic acids is 1. The van der Waals surface area contributed by atoms with Crippen molar-refractivity contribution in [3.05, 3.63) is 90.9 Å². The third kappa shape index (κ3) is 3.97. The second kappa shape index (κ2) is 8.52. The number of furan rings is 1. The van der Waals surface area contributed by atoms with Crippen molar-refractivity contribution < 1.29 is 9.21 Å². The summed E-state index contributed by atoms with van der Waals surface area (Å²) in [6, 6.07) is 17.5. The Hall–Kier alpha value is -3.80. The first kappa shape index (κ1) is 19.2. The molecule has 154 valence electrons.